The summed E-state index contributed by atoms with van der Waals surface area (Å²) in [5.41, 5.74) is 0. The van der Waals surface area contributed by atoms with Gasteiger partial charge in [-0.15, -0.1) is 0 Å². The van der Waals surface area contributed by atoms with Gasteiger partial charge in [0.1, 0.15) is 6.61 Å². The smallest absolute Gasteiger partial charge is 0.228 e. The number of nitrogens with zero attached hydrogens (tertiary/aromatic N) is 2. The van der Waals surface area contributed by atoms with Gasteiger partial charge in [0.15, 0.2) is 5.82 Å². The number of aliphatic hydroxyl groups is 1. The third kappa shape index (κ3) is 4.28. The van der Waals surface area contributed by atoms with Crippen LogP contribution >= 0.6 is 0 Å². The molecule has 0 aromatic carbocycles. The number of methoxy groups -OCH3 is 1. The fourth-order valence-corrected chi connectivity index (χ4v) is 2.42. The molecule has 7 heteroatoms. The highest BCUT2D eigenvalue weighted by molar-refractivity contribution is 5.78. The Labute approximate surface area is 117 Å². The molecule has 0 bridgehead atoms. The van der Waals surface area contributed by atoms with Gasteiger partial charge in [0.2, 0.25) is 11.8 Å². The van der Waals surface area contributed by atoms with Crippen LogP contribution in [0.5, 0.6) is 0 Å². The SMILES string of the molecule is COCc1noc(CCNC(=O)[C@H]2CCC[C@H](O)C2)n1. The normalized spacial score (nSPS) is 22.7. The summed E-state index contributed by atoms with van der Waals surface area (Å²) in [4.78, 5) is 16.1. The topological polar surface area (TPSA) is 97.5 Å². The Hall–Kier alpha value is -1.47. The third-order valence-corrected chi connectivity index (χ3v) is 3.44. The quantitative estimate of drug-likeness (QED) is 0.785. The van der Waals surface area contributed by atoms with E-state index in [-0.39, 0.29) is 17.9 Å². The van der Waals surface area contributed by atoms with Gasteiger partial charge in [-0.2, -0.15) is 4.98 Å². The van der Waals surface area contributed by atoms with Crippen molar-refractivity contribution in [1.29, 1.82) is 0 Å². The van der Waals surface area contributed by atoms with Gasteiger partial charge in [0.25, 0.3) is 0 Å². The fourth-order valence-electron chi connectivity index (χ4n) is 2.42. The van der Waals surface area contributed by atoms with Crippen LogP contribution in [0.1, 0.15) is 37.4 Å². The standard InChI is InChI=1S/C13H21N3O4/c1-19-8-11-15-12(20-16-11)5-6-14-13(18)9-3-2-4-10(17)7-9/h9-10,17H,2-8H2,1H3,(H,14,18)/t9-,10-/m0/s1. The number of hydrogen-bond acceptors (Lipinski definition) is 6. The second-order valence-corrected chi connectivity index (χ2v) is 5.10. The summed E-state index contributed by atoms with van der Waals surface area (Å²) in [7, 11) is 1.56. The lowest BCUT2D eigenvalue weighted by molar-refractivity contribution is -0.127. The van der Waals surface area contributed by atoms with E-state index in [1.54, 1.807) is 7.11 Å². The van der Waals surface area contributed by atoms with E-state index in [1.807, 2.05) is 0 Å². The number of aromatic nitrogens is 2. The molecule has 0 aliphatic heterocycles. The Bertz CT molecular complexity index is 435. The average molecular weight is 283 g/mol. The Balaban J connectivity index is 1.70. The first kappa shape index (κ1) is 14.9. The lowest BCUT2D eigenvalue weighted by atomic mass is 9.87. The second-order valence-electron chi connectivity index (χ2n) is 5.10. The molecule has 0 radical (unpaired) electrons. The molecule has 1 fully saturated rings. The Morgan fingerprint density at radius 3 is 3.15 bits per heavy atom. The van der Waals surface area contributed by atoms with Gasteiger partial charge in [0, 0.05) is 26.0 Å². The first-order valence-corrected chi connectivity index (χ1v) is 6.95. The summed E-state index contributed by atoms with van der Waals surface area (Å²) in [5, 5.41) is 16.2. The van der Waals surface area contributed by atoms with Gasteiger partial charge in [-0.05, 0) is 19.3 Å². The summed E-state index contributed by atoms with van der Waals surface area (Å²) < 4.78 is 9.92. The van der Waals surface area contributed by atoms with Crippen LogP contribution in [0.2, 0.25) is 0 Å². The Morgan fingerprint density at radius 2 is 2.40 bits per heavy atom. The molecule has 0 saturated heterocycles. The molecule has 1 amide bonds. The minimum absolute atomic E-state index is 0.000352. The van der Waals surface area contributed by atoms with Gasteiger partial charge < -0.3 is 19.7 Å². The molecule has 2 atom stereocenters. The molecule has 1 aromatic rings. The second kappa shape index (κ2) is 7.35. The number of aliphatic hydroxyl groups excluding tert-OH is 1. The van der Waals surface area contributed by atoms with Crippen molar-refractivity contribution >= 4 is 5.91 Å². The van der Waals surface area contributed by atoms with Crippen LogP contribution in [0.3, 0.4) is 0 Å². The van der Waals surface area contributed by atoms with Crippen LogP contribution in [0, 0.1) is 5.92 Å². The molecule has 1 aliphatic carbocycles. The van der Waals surface area contributed by atoms with E-state index in [9.17, 15) is 9.90 Å². The molecule has 0 spiro atoms. The highest BCUT2D eigenvalue weighted by Crippen LogP contribution is 2.24. The van der Waals surface area contributed by atoms with Crippen molar-refractivity contribution in [3.8, 4) is 0 Å². The third-order valence-electron chi connectivity index (χ3n) is 3.44. The van der Waals surface area contributed by atoms with E-state index in [0.29, 0.717) is 37.7 Å². The van der Waals surface area contributed by atoms with Crippen molar-refractivity contribution < 1.29 is 19.2 Å². The lowest BCUT2D eigenvalue weighted by Gasteiger charge is -2.24. The van der Waals surface area contributed by atoms with Crippen LogP contribution in [0.15, 0.2) is 4.52 Å². The maximum atomic E-state index is 11.9. The van der Waals surface area contributed by atoms with Crippen molar-refractivity contribution in [3.63, 3.8) is 0 Å². The van der Waals surface area contributed by atoms with Crippen LogP contribution < -0.4 is 5.32 Å². The van der Waals surface area contributed by atoms with E-state index in [1.165, 1.54) is 0 Å². The number of rotatable bonds is 6. The molecular weight excluding hydrogens is 262 g/mol. The molecule has 2 N–H and O–H groups in total. The predicted molar refractivity (Wildman–Crippen MR) is 69.7 cm³/mol. The number of nitrogens with one attached hydrogen (secondary N) is 1. The van der Waals surface area contributed by atoms with E-state index < -0.39 is 0 Å². The molecular formula is C13H21N3O4. The minimum atomic E-state index is -0.341. The van der Waals surface area contributed by atoms with E-state index in [4.69, 9.17) is 9.26 Å². The van der Waals surface area contributed by atoms with Crippen LogP contribution in [0.25, 0.3) is 0 Å². The summed E-state index contributed by atoms with van der Waals surface area (Å²) in [6.45, 7) is 0.774. The largest absolute Gasteiger partial charge is 0.393 e. The van der Waals surface area contributed by atoms with Crippen LogP contribution in [-0.2, 0) is 22.6 Å². The van der Waals surface area contributed by atoms with Gasteiger partial charge in [-0.25, -0.2) is 0 Å². The van der Waals surface area contributed by atoms with Crippen molar-refractivity contribution in [2.75, 3.05) is 13.7 Å². The molecule has 1 aliphatic rings. The molecule has 0 unspecified atom stereocenters. The van der Waals surface area contributed by atoms with E-state index in [0.717, 1.165) is 19.3 Å². The zero-order valence-electron chi connectivity index (χ0n) is 11.7. The minimum Gasteiger partial charge on any atom is -0.393 e. The molecule has 1 saturated carbocycles. The molecule has 2 rings (SSSR count). The van der Waals surface area contributed by atoms with Crippen LogP contribution in [-0.4, -0.2) is 40.9 Å². The van der Waals surface area contributed by atoms with Gasteiger partial charge >= 0.3 is 0 Å². The summed E-state index contributed by atoms with van der Waals surface area (Å²) in [5.74, 6) is 0.913. The number of carbonyl (C=O) groups is 1. The van der Waals surface area contributed by atoms with Crippen molar-refractivity contribution in [3.05, 3.63) is 11.7 Å². The number of hydrogen-bond donors (Lipinski definition) is 2. The van der Waals surface area contributed by atoms with E-state index in [2.05, 4.69) is 15.5 Å². The zero-order chi connectivity index (χ0) is 14.4. The predicted octanol–water partition coefficient (Wildman–Crippen LogP) is 0.426. The molecule has 20 heavy (non-hydrogen) atoms. The van der Waals surface area contributed by atoms with Gasteiger partial charge in [-0.3, -0.25) is 4.79 Å². The molecule has 1 heterocycles. The van der Waals surface area contributed by atoms with Gasteiger partial charge in [0.05, 0.1) is 6.10 Å². The van der Waals surface area contributed by atoms with Crippen molar-refractivity contribution in [2.24, 2.45) is 5.92 Å². The van der Waals surface area contributed by atoms with Gasteiger partial charge in [-0.1, -0.05) is 11.6 Å². The first-order valence-electron chi connectivity index (χ1n) is 6.95. The van der Waals surface area contributed by atoms with Crippen molar-refractivity contribution in [2.45, 2.75) is 44.8 Å². The maximum Gasteiger partial charge on any atom is 0.228 e. The first-order chi connectivity index (χ1) is 9.69. The maximum absolute atomic E-state index is 11.9. The highest BCUT2D eigenvalue weighted by atomic mass is 16.5. The number of carbonyl (C=O) groups excluding carboxylic acids is 1. The zero-order valence-corrected chi connectivity index (χ0v) is 11.7. The summed E-state index contributed by atoms with van der Waals surface area (Å²) in [6, 6.07) is 0. The number of amides is 1. The monoisotopic (exact) mass is 283 g/mol. The molecule has 1 aromatic heterocycles. The Morgan fingerprint density at radius 1 is 1.55 bits per heavy atom. The Kier molecular flexibility index (Phi) is 5.49. The highest BCUT2D eigenvalue weighted by Gasteiger charge is 2.25. The fraction of sp³-hybridized carbons (Fsp3) is 0.769. The van der Waals surface area contributed by atoms with Crippen molar-refractivity contribution in [1.82, 2.24) is 15.5 Å². The average Bonchev–Trinajstić information content (AvgIpc) is 2.87. The lowest BCUT2D eigenvalue weighted by Crippen LogP contribution is -2.36. The molecule has 7 nitrogen and oxygen atoms in total. The van der Waals surface area contributed by atoms with Crippen LogP contribution in [0.4, 0.5) is 0 Å². The summed E-state index contributed by atoms with van der Waals surface area (Å²) in [6.07, 6.45) is 3.27. The molecule has 112 valence electrons. The van der Waals surface area contributed by atoms with E-state index >= 15 is 0 Å². The summed E-state index contributed by atoms with van der Waals surface area (Å²) >= 11 is 0. The number of ether oxygens (including phenoxy) is 1.